The third kappa shape index (κ3) is 5.13. The zero-order valence-corrected chi connectivity index (χ0v) is 15.6. The fourth-order valence-corrected chi connectivity index (χ4v) is 2.75. The number of amides is 1. The lowest BCUT2D eigenvalue weighted by atomic mass is 10.1. The normalized spacial score (nSPS) is 11.6. The lowest BCUT2D eigenvalue weighted by Crippen LogP contribution is -2.14. The number of alkyl halides is 3. The SMILES string of the molecule is Cc1nn(CCC(=O)Nc2cnn(Cc3cccc(C(F)(F)F)c3)c2)cc1Cl. The van der Waals surface area contributed by atoms with Crippen molar-refractivity contribution in [1.82, 2.24) is 19.6 Å². The molecule has 0 radical (unpaired) electrons. The second-order valence-corrected chi connectivity index (χ2v) is 6.66. The van der Waals surface area contributed by atoms with E-state index in [1.807, 2.05) is 0 Å². The molecule has 0 atom stereocenters. The van der Waals surface area contributed by atoms with Gasteiger partial charge in [0, 0.05) is 25.4 Å². The van der Waals surface area contributed by atoms with Gasteiger partial charge < -0.3 is 5.32 Å². The average molecular weight is 412 g/mol. The molecule has 28 heavy (non-hydrogen) atoms. The Kier molecular flexibility index (Phi) is 5.73. The topological polar surface area (TPSA) is 64.7 Å². The molecule has 0 fully saturated rings. The molecule has 3 rings (SSSR count). The van der Waals surface area contributed by atoms with Crippen molar-refractivity contribution in [2.75, 3.05) is 5.32 Å². The Bertz CT molecular complexity index is 960. The second kappa shape index (κ2) is 8.05. The average Bonchev–Trinajstić information content (AvgIpc) is 3.19. The standard InChI is InChI=1S/C18H17ClF3N5O/c1-12-16(19)11-26(25-12)6-5-17(28)24-15-8-23-27(10-15)9-13-3-2-4-14(7-13)18(20,21)22/h2-4,7-8,10-11H,5-6,9H2,1H3,(H,24,28). The molecule has 3 aromatic rings. The minimum Gasteiger partial charge on any atom is -0.323 e. The summed E-state index contributed by atoms with van der Waals surface area (Å²) in [5.74, 6) is -0.233. The van der Waals surface area contributed by atoms with Gasteiger partial charge >= 0.3 is 6.18 Å². The third-order valence-corrected chi connectivity index (χ3v) is 4.34. The summed E-state index contributed by atoms with van der Waals surface area (Å²) < 4.78 is 41.4. The van der Waals surface area contributed by atoms with Crippen LogP contribution in [0.5, 0.6) is 0 Å². The molecule has 1 amide bonds. The number of nitrogens with one attached hydrogen (secondary N) is 1. The van der Waals surface area contributed by atoms with Crippen LogP contribution in [0.25, 0.3) is 0 Å². The Morgan fingerprint density at radius 2 is 2.04 bits per heavy atom. The van der Waals surface area contributed by atoms with E-state index in [0.717, 1.165) is 12.1 Å². The fraction of sp³-hybridized carbons (Fsp3) is 0.278. The maximum absolute atomic E-state index is 12.8. The van der Waals surface area contributed by atoms with Gasteiger partial charge in [0.05, 0.1) is 34.7 Å². The second-order valence-electron chi connectivity index (χ2n) is 6.25. The number of rotatable bonds is 6. The van der Waals surface area contributed by atoms with E-state index >= 15 is 0 Å². The van der Waals surface area contributed by atoms with E-state index in [1.54, 1.807) is 30.1 Å². The summed E-state index contributed by atoms with van der Waals surface area (Å²) in [4.78, 5) is 12.1. The molecule has 0 saturated carbocycles. The molecule has 1 N–H and O–H groups in total. The van der Waals surface area contributed by atoms with Crippen LogP contribution in [0.1, 0.15) is 23.2 Å². The van der Waals surface area contributed by atoms with Gasteiger partial charge in [0.2, 0.25) is 5.91 Å². The first-order chi connectivity index (χ1) is 13.2. The third-order valence-electron chi connectivity index (χ3n) is 3.97. The van der Waals surface area contributed by atoms with Crippen LogP contribution in [-0.2, 0) is 24.1 Å². The van der Waals surface area contributed by atoms with Crippen molar-refractivity contribution in [2.24, 2.45) is 0 Å². The lowest BCUT2D eigenvalue weighted by Gasteiger charge is -2.08. The minimum atomic E-state index is -4.39. The number of carbonyl (C=O) groups excluding carboxylic acids is 1. The predicted octanol–water partition coefficient (Wildman–Crippen LogP) is 4.14. The zero-order chi connectivity index (χ0) is 20.3. The Morgan fingerprint density at radius 3 is 2.71 bits per heavy atom. The predicted molar refractivity (Wildman–Crippen MR) is 98.0 cm³/mol. The summed E-state index contributed by atoms with van der Waals surface area (Å²) >= 11 is 5.92. The maximum atomic E-state index is 12.8. The van der Waals surface area contributed by atoms with Crippen LogP contribution in [0.3, 0.4) is 0 Å². The van der Waals surface area contributed by atoms with E-state index in [-0.39, 0.29) is 18.9 Å². The number of nitrogens with zero attached hydrogens (tertiary/aromatic N) is 4. The first kappa shape index (κ1) is 19.9. The summed E-state index contributed by atoms with van der Waals surface area (Å²) in [5.41, 5.74) is 0.908. The molecule has 0 spiro atoms. The number of benzene rings is 1. The van der Waals surface area contributed by atoms with Crippen molar-refractivity contribution in [3.63, 3.8) is 0 Å². The van der Waals surface area contributed by atoms with E-state index in [2.05, 4.69) is 15.5 Å². The first-order valence-electron chi connectivity index (χ1n) is 8.39. The molecule has 10 heteroatoms. The molecule has 0 aliphatic carbocycles. The fourth-order valence-electron chi connectivity index (χ4n) is 2.60. The Balaban J connectivity index is 1.56. The van der Waals surface area contributed by atoms with Gasteiger partial charge in [-0.25, -0.2) is 0 Å². The quantitative estimate of drug-likeness (QED) is 0.663. The van der Waals surface area contributed by atoms with Crippen LogP contribution in [0.4, 0.5) is 18.9 Å². The molecule has 2 heterocycles. The van der Waals surface area contributed by atoms with Gasteiger partial charge in [0.25, 0.3) is 0 Å². The van der Waals surface area contributed by atoms with Crippen molar-refractivity contribution in [1.29, 1.82) is 0 Å². The monoisotopic (exact) mass is 411 g/mol. The smallest absolute Gasteiger partial charge is 0.323 e. The van der Waals surface area contributed by atoms with E-state index < -0.39 is 11.7 Å². The number of halogens is 4. The highest BCUT2D eigenvalue weighted by molar-refractivity contribution is 6.31. The molecule has 0 aliphatic rings. The molecule has 0 unspecified atom stereocenters. The van der Waals surface area contributed by atoms with Gasteiger partial charge in [-0.3, -0.25) is 14.2 Å². The number of carbonyl (C=O) groups is 1. The minimum absolute atomic E-state index is 0.158. The molecule has 1 aromatic carbocycles. The number of aryl methyl sites for hydroxylation is 2. The Labute approximate surface area is 163 Å². The van der Waals surface area contributed by atoms with Crippen molar-refractivity contribution < 1.29 is 18.0 Å². The highest BCUT2D eigenvalue weighted by atomic mass is 35.5. The van der Waals surface area contributed by atoms with Crippen molar-refractivity contribution in [2.45, 2.75) is 32.6 Å². The number of aromatic nitrogens is 4. The summed E-state index contributed by atoms with van der Waals surface area (Å²) in [7, 11) is 0. The van der Waals surface area contributed by atoms with Gasteiger partial charge in [-0.05, 0) is 24.6 Å². The van der Waals surface area contributed by atoms with Crippen molar-refractivity contribution in [3.05, 3.63) is 64.7 Å². The molecule has 0 bridgehead atoms. The van der Waals surface area contributed by atoms with Crippen LogP contribution in [0, 0.1) is 6.92 Å². The van der Waals surface area contributed by atoms with Gasteiger partial charge in [0.1, 0.15) is 0 Å². The molecular formula is C18H17ClF3N5O. The largest absolute Gasteiger partial charge is 0.416 e. The van der Waals surface area contributed by atoms with Crippen LogP contribution in [0.2, 0.25) is 5.02 Å². The Hall–Kier alpha value is -2.81. The molecule has 6 nitrogen and oxygen atoms in total. The Morgan fingerprint density at radius 1 is 1.25 bits per heavy atom. The summed E-state index contributed by atoms with van der Waals surface area (Å²) in [5, 5.41) is 11.5. The van der Waals surface area contributed by atoms with Crippen LogP contribution in [0.15, 0.2) is 42.9 Å². The van der Waals surface area contributed by atoms with Gasteiger partial charge in [0.15, 0.2) is 0 Å². The maximum Gasteiger partial charge on any atom is 0.416 e. The summed E-state index contributed by atoms with van der Waals surface area (Å²) in [6.45, 7) is 2.31. The summed E-state index contributed by atoms with van der Waals surface area (Å²) in [6.07, 6.45) is 0.456. The van der Waals surface area contributed by atoms with E-state index in [0.29, 0.717) is 28.5 Å². The lowest BCUT2D eigenvalue weighted by molar-refractivity contribution is -0.137. The highest BCUT2D eigenvalue weighted by Crippen LogP contribution is 2.29. The van der Waals surface area contributed by atoms with Gasteiger partial charge in [-0.15, -0.1) is 0 Å². The molecule has 0 saturated heterocycles. The number of hydrogen-bond donors (Lipinski definition) is 1. The van der Waals surface area contributed by atoms with Crippen LogP contribution < -0.4 is 5.32 Å². The van der Waals surface area contributed by atoms with Gasteiger partial charge in [-0.1, -0.05) is 23.7 Å². The molecule has 2 aromatic heterocycles. The van der Waals surface area contributed by atoms with E-state index in [9.17, 15) is 18.0 Å². The first-order valence-corrected chi connectivity index (χ1v) is 8.76. The zero-order valence-electron chi connectivity index (χ0n) is 14.9. The highest BCUT2D eigenvalue weighted by Gasteiger charge is 2.30. The summed E-state index contributed by atoms with van der Waals surface area (Å²) in [6, 6.07) is 5.05. The molecular weight excluding hydrogens is 395 g/mol. The van der Waals surface area contributed by atoms with Crippen LogP contribution >= 0.6 is 11.6 Å². The van der Waals surface area contributed by atoms with Gasteiger partial charge in [-0.2, -0.15) is 23.4 Å². The van der Waals surface area contributed by atoms with E-state index in [1.165, 1.54) is 16.9 Å². The van der Waals surface area contributed by atoms with Crippen LogP contribution in [-0.4, -0.2) is 25.5 Å². The molecule has 0 aliphatic heterocycles. The molecule has 148 valence electrons. The van der Waals surface area contributed by atoms with Crippen molar-refractivity contribution in [3.8, 4) is 0 Å². The number of anilines is 1. The van der Waals surface area contributed by atoms with E-state index in [4.69, 9.17) is 11.6 Å². The van der Waals surface area contributed by atoms with Crippen molar-refractivity contribution >= 4 is 23.2 Å². The number of hydrogen-bond acceptors (Lipinski definition) is 3.